The summed E-state index contributed by atoms with van der Waals surface area (Å²) in [5.41, 5.74) is 0. The molecule has 1 aliphatic rings. The van der Waals surface area contributed by atoms with Gasteiger partial charge in [-0.05, 0) is 6.92 Å². The first kappa shape index (κ1) is 13.9. The van der Waals surface area contributed by atoms with Gasteiger partial charge >= 0.3 is 0 Å². The molecule has 6 heteroatoms. The van der Waals surface area contributed by atoms with Gasteiger partial charge in [-0.2, -0.15) is 12.6 Å². The molecule has 1 unspecified atom stereocenters. The Morgan fingerprint density at radius 1 is 1.38 bits per heavy atom. The molecule has 0 amide bonds. The first-order chi connectivity index (χ1) is 7.34. The SMILES string of the molecule is CC(S)N[C@H]1[C@@H](O)[C@@H](O)O[C@H]1C(=O)C(C)C. The van der Waals surface area contributed by atoms with Crippen molar-refractivity contribution < 1.29 is 19.7 Å². The van der Waals surface area contributed by atoms with Crippen molar-refractivity contribution in [3.8, 4) is 0 Å². The fraction of sp³-hybridized carbons (Fsp3) is 0.900. The second kappa shape index (κ2) is 5.46. The van der Waals surface area contributed by atoms with Crippen molar-refractivity contribution in [1.29, 1.82) is 0 Å². The summed E-state index contributed by atoms with van der Waals surface area (Å²) in [4.78, 5) is 11.8. The zero-order valence-corrected chi connectivity index (χ0v) is 10.5. The third-order valence-corrected chi connectivity index (χ3v) is 2.70. The van der Waals surface area contributed by atoms with Gasteiger partial charge in [-0.3, -0.25) is 10.1 Å². The summed E-state index contributed by atoms with van der Waals surface area (Å²) in [6.07, 6.45) is -3.25. The van der Waals surface area contributed by atoms with E-state index in [9.17, 15) is 15.0 Å². The molecule has 0 saturated carbocycles. The average Bonchev–Trinajstić information content (AvgIpc) is 2.44. The van der Waals surface area contributed by atoms with E-state index in [2.05, 4.69) is 17.9 Å². The van der Waals surface area contributed by atoms with Crippen LogP contribution in [-0.2, 0) is 9.53 Å². The van der Waals surface area contributed by atoms with Crippen molar-refractivity contribution in [2.24, 2.45) is 5.92 Å². The highest BCUT2D eigenvalue weighted by molar-refractivity contribution is 7.80. The molecule has 0 radical (unpaired) electrons. The number of rotatable bonds is 4. The number of aliphatic hydroxyl groups excluding tert-OH is 2. The largest absolute Gasteiger partial charge is 0.386 e. The van der Waals surface area contributed by atoms with Crippen LogP contribution in [0.1, 0.15) is 20.8 Å². The molecule has 0 aromatic carbocycles. The van der Waals surface area contributed by atoms with Gasteiger partial charge in [0.05, 0.1) is 6.04 Å². The molecule has 16 heavy (non-hydrogen) atoms. The minimum absolute atomic E-state index is 0.137. The van der Waals surface area contributed by atoms with E-state index in [0.29, 0.717) is 0 Å². The van der Waals surface area contributed by atoms with Crippen LogP contribution in [0.15, 0.2) is 0 Å². The lowest BCUT2D eigenvalue weighted by Gasteiger charge is -2.23. The fourth-order valence-corrected chi connectivity index (χ4v) is 1.88. The molecule has 0 aromatic rings. The Balaban J connectivity index is 2.78. The summed E-state index contributed by atoms with van der Waals surface area (Å²) in [5, 5.41) is 21.8. The molecule has 1 saturated heterocycles. The van der Waals surface area contributed by atoms with Crippen molar-refractivity contribution in [2.75, 3.05) is 0 Å². The molecule has 0 aliphatic carbocycles. The number of hydrogen-bond acceptors (Lipinski definition) is 6. The van der Waals surface area contributed by atoms with E-state index >= 15 is 0 Å². The number of aliphatic hydroxyl groups is 2. The van der Waals surface area contributed by atoms with E-state index in [1.807, 2.05) is 0 Å². The molecule has 1 fully saturated rings. The number of Topliss-reactive ketones (excluding diaryl/α,β-unsaturated/α-hetero) is 1. The van der Waals surface area contributed by atoms with Gasteiger partial charge in [0.1, 0.15) is 12.2 Å². The molecule has 1 heterocycles. The zero-order chi connectivity index (χ0) is 12.5. The maximum Gasteiger partial charge on any atom is 0.183 e. The Morgan fingerprint density at radius 3 is 2.38 bits per heavy atom. The molecule has 0 spiro atoms. The smallest absolute Gasteiger partial charge is 0.183 e. The van der Waals surface area contributed by atoms with Crippen LogP contribution in [-0.4, -0.2) is 45.9 Å². The maximum absolute atomic E-state index is 11.8. The van der Waals surface area contributed by atoms with Gasteiger partial charge in [0, 0.05) is 11.3 Å². The normalized spacial score (nSPS) is 36.7. The second-order valence-electron chi connectivity index (χ2n) is 4.36. The summed E-state index contributed by atoms with van der Waals surface area (Å²) < 4.78 is 5.07. The maximum atomic E-state index is 11.8. The van der Waals surface area contributed by atoms with Crippen LogP contribution >= 0.6 is 12.6 Å². The average molecular weight is 249 g/mol. The molecule has 94 valence electrons. The van der Waals surface area contributed by atoms with E-state index in [1.165, 1.54) is 0 Å². The number of thiol groups is 1. The Morgan fingerprint density at radius 2 is 1.94 bits per heavy atom. The lowest BCUT2D eigenvalue weighted by Crippen LogP contribution is -2.50. The van der Waals surface area contributed by atoms with Gasteiger partial charge in [0.25, 0.3) is 0 Å². The fourth-order valence-electron chi connectivity index (χ4n) is 1.71. The monoisotopic (exact) mass is 249 g/mol. The van der Waals surface area contributed by atoms with E-state index in [4.69, 9.17) is 4.74 Å². The highest BCUT2D eigenvalue weighted by atomic mass is 32.1. The number of carbonyl (C=O) groups excluding carboxylic acids is 1. The predicted octanol–water partition coefficient (Wildman–Crippen LogP) is -0.476. The predicted molar refractivity (Wildman–Crippen MR) is 62.1 cm³/mol. The number of ether oxygens (including phenoxy) is 1. The van der Waals surface area contributed by atoms with Crippen LogP contribution in [0.2, 0.25) is 0 Å². The first-order valence-electron chi connectivity index (χ1n) is 5.34. The molecule has 0 bridgehead atoms. The van der Waals surface area contributed by atoms with Gasteiger partial charge in [-0.1, -0.05) is 13.8 Å². The summed E-state index contributed by atoms with van der Waals surface area (Å²) in [7, 11) is 0. The standard InChI is InChI=1S/C10H19NO4S/c1-4(2)7(12)9-6(11-5(3)16)8(13)10(14)15-9/h4-6,8-11,13-14,16H,1-3H3/t5?,6-,8+,9+,10-/m0/s1. The van der Waals surface area contributed by atoms with Crippen LogP contribution in [0.25, 0.3) is 0 Å². The Kier molecular flexibility index (Phi) is 4.75. The minimum atomic E-state index is -1.32. The minimum Gasteiger partial charge on any atom is -0.386 e. The van der Waals surface area contributed by atoms with E-state index in [0.717, 1.165) is 0 Å². The molecule has 5 atom stereocenters. The van der Waals surface area contributed by atoms with Gasteiger partial charge in [-0.15, -0.1) is 0 Å². The Bertz CT molecular complexity index is 259. The lowest BCUT2D eigenvalue weighted by atomic mass is 9.97. The van der Waals surface area contributed by atoms with Crippen LogP contribution < -0.4 is 5.32 Å². The topological polar surface area (TPSA) is 78.8 Å². The molecule has 1 aliphatic heterocycles. The van der Waals surface area contributed by atoms with Crippen molar-refractivity contribution in [3.05, 3.63) is 0 Å². The van der Waals surface area contributed by atoms with Crippen LogP contribution in [0, 0.1) is 5.92 Å². The third-order valence-electron chi connectivity index (χ3n) is 2.56. The summed E-state index contributed by atoms with van der Waals surface area (Å²) in [6, 6.07) is -0.614. The highest BCUT2D eigenvalue weighted by Gasteiger charge is 2.46. The number of hydrogen-bond donors (Lipinski definition) is 4. The summed E-state index contributed by atoms with van der Waals surface area (Å²) in [5.74, 6) is -0.343. The van der Waals surface area contributed by atoms with E-state index < -0.39 is 24.5 Å². The highest BCUT2D eigenvalue weighted by Crippen LogP contribution is 2.23. The quantitative estimate of drug-likeness (QED) is 0.400. The van der Waals surface area contributed by atoms with E-state index in [-0.39, 0.29) is 17.1 Å². The molecular formula is C10H19NO4S. The molecule has 0 aromatic heterocycles. The van der Waals surface area contributed by atoms with Gasteiger partial charge in [-0.25, -0.2) is 0 Å². The lowest BCUT2D eigenvalue weighted by molar-refractivity contribution is -0.151. The first-order valence-corrected chi connectivity index (χ1v) is 5.85. The van der Waals surface area contributed by atoms with Crippen molar-refractivity contribution >= 4 is 18.4 Å². The summed E-state index contributed by atoms with van der Waals surface area (Å²) >= 11 is 4.13. The summed E-state index contributed by atoms with van der Waals surface area (Å²) in [6.45, 7) is 5.28. The number of nitrogens with one attached hydrogen (secondary N) is 1. The number of carbonyl (C=O) groups is 1. The Labute approximate surface area is 101 Å². The number of ketones is 1. The Hall–Kier alpha value is -0.140. The van der Waals surface area contributed by atoms with Crippen LogP contribution in [0.3, 0.4) is 0 Å². The van der Waals surface area contributed by atoms with Crippen LogP contribution in [0.5, 0.6) is 0 Å². The molecule has 1 rings (SSSR count). The molecule has 3 N–H and O–H groups in total. The van der Waals surface area contributed by atoms with Gasteiger partial charge in [0.2, 0.25) is 0 Å². The van der Waals surface area contributed by atoms with Gasteiger partial charge < -0.3 is 14.9 Å². The van der Waals surface area contributed by atoms with Gasteiger partial charge in [0.15, 0.2) is 12.1 Å². The van der Waals surface area contributed by atoms with Crippen molar-refractivity contribution in [2.45, 2.75) is 50.7 Å². The molecule has 5 nitrogen and oxygen atoms in total. The van der Waals surface area contributed by atoms with Crippen molar-refractivity contribution in [3.63, 3.8) is 0 Å². The zero-order valence-electron chi connectivity index (χ0n) is 9.62. The second-order valence-corrected chi connectivity index (χ2v) is 5.14. The van der Waals surface area contributed by atoms with E-state index in [1.54, 1.807) is 20.8 Å². The van der Waals surface area contributed by atoms with Crippen LogP contribution in [0.4, 0.5) is 0 Å². The van der Waals surface area contributed by atoms with Crippen molar-refractivity contribution in [1.82, 2.24) is 5.32 Å². The third kappa shape index (κ3) is 2.95. The molecular weight excluding hydrogens is 230 g/mol.